The molecule has 0 bridgehead atoms. The summed E-state index contributed by atoms with van der Waals surface area (Å²) in [7, 11) is 0. The van der Waals surface area contributed by atoms with Crippen LogP contribution in [0.15, 0.2) is 46.9 Å². The van der Waals surface area contributed by atoms with Crippen molar-refractivity contribution < 1.29 is 27.2 Å². The Morgan fingerprint density at radius 1 is 1.03 bits per heavy atom. The highest BCUT2D eigenvalue weighted by molar-refractivity contribution is 6.34. The molecule has 0 aliphatic heterocycles. The van der Waals surface area contributed by atoms with Gasteiger partial charge in [0.15, 0.2) is 17.5 Å². The fraction of sp³-hybridized carbons (Fsp3) is 0.0500. The molecule has 0 unspecified atom stereocenters. The van der Waals surface area contributed by atoms with Crippen LogP contribution in [0.2, 0.25) is 5.02 Å². The molecule has 2 aromatic carbocycles. The van der Waals surface area contributed by atoms with E-state index in [-0.39, 0.29) is 40.4 Å². The molecule has 4 aromatic rings. The van der Waals surface area contributed by atoms with Gasteiger partial charge in [-0.3, -0.25) is 14.7 Å². The first-order valence-corrected chi connectivity index (χ1v) is 9.56. The van der Waals surface area contributed by atoms with E-state index in [0.717, 1.165) is 0 Å². The lowest BCUT2D eigenvalue weighted by atomic mass is 10.2. The molecule has 9 nitrogen and oxygen atoms in total. The lowest BCUT2D eigenvalue weighted by molar-refractivity contribution is 0.0941. The van der Waals surface area contributed by atoms with Crippen molar-refractivity contribution in [2.45, 2.75) is 6.54 Å². The fourth-order valence-corrected chi connectivity index (χ4v) is 2.93. The molecule has 2 amide bonds. The molecule has 33 heavy (non-hydrogen) atoms. The minimum Gasteiger partial charge on any atom is -0.419 e. The third kappa shape index (κ3) is 5.01. The van der Waals surface area contributed by atoms with E-state index in [1.165, 1.54) is 24.3 Å². The molecule has 0 spiro atoms. The van der Waals surface area contributed by atoms with E-state index in [1.807, 2.05) is 0 Å². The van der Waals surface area contributed by atoms with Crippen molar-refractivity contribution >= 4 is 29.2 Å². The van der Waals surface area contributed by atoms with Crippen LogP contribution in [-0.2, 0) is 6.54 Å². The number of carbonyl (C=O) groups excluding carboxylic acids is 2. The number of hydrogen-bond acceptors (Lipinski definition) is 6. The van der Waals surface area contributed by atoms with Crippen LogP contribution in [0.1, 0.15) is 26.7 Å². The topological polar surface area (TPSA) is 126 Å². The fourth-order valence-electron chi connectivity index (χ4n) is 2.70. The maximum atomic E-state index is 13.4. The second kappa shape index (κ2) is 9.12. The van der Waals surface area contributed by atoms with E-state index < -0.39 is 29.3 Å². The van der Waals surface area contributed by atoms with Crippen LogP contribution >= 0.6 is 11.6 Å². The average Bonchev–Trinajstić information content (AvgIpc) is 3.44. The number of carbonyl (C=O) groups is 2. The summed E-state index contributed by atoms with van der Waals surface area (Å²) in [5.41, 5.74) is 0.0526. The number of anilines is 1. The third-order valence-corrected chi connectivity index (χ3v) is 4.57. The van der Waals surface area contributed by atoms with Gasteiger partial charge in [0.25, 0.3) is 11.8 Å². The van der Waals surface area contributed by atoms with E-state index in [0.29, 0.717) is 17.7 Å². The summed E-state index contributed by atoms with van der Waals surface area (Å²) >= 11 is 5.77. The molecule has 0 radical (unpaired) electrons. The van der Waals surface area contributed by atoms with E-state index >= 15 is 0 Å². The molecule has 3 N–H and O–H groups in total. The van der Waals surface area contributed by atoms with Crippen molar-refractivity contribution in [1.82, 2.24) is 25.7 Å². The summed E-state index contributed by atoms with van der Waals surface area (Å²) in [6.07, 6.45) is 0. The first kappa shape index (κ1) is 22.0. The number of nitrogens with zero attached hydrogens (tertiary/aromatic N) is 3. The van der Waals surface area contributed by atoms with Crippen LogP contribution in [0.5, 0.6) is 0 Å². The number of hydrogen-bond donors (Lipinski definition) is 3. The zero-order valence-electron chi connectivity index (χ0n) is 16.3. The van der Waals surface area contributed by atoms with Gasteiger partial charge in [-0.1, -0.05) is 17.7 Å². The van der Waals surface area contributed by atoms with Gasteiger partial charge >= 0.3 is 0 Å². The van der Waals surface area contributed by atoms with Gasteiger partial charge in [0.1, 0.15) is 11.5 Å². The molecule has 168 valence electrons. The van der Waals surface area contributed by atoms with Crippen molar-refractivity contribution in [1.29, 1.82) is 0 Å². The lowest BCUT2D eigenvalue weighted by Gasteiger charge is -2.05. The van der Waals surface area contributed by atoms with Gasteiger partial charge in [-0.2, -0.15) is 5.10 Å². The molecule has 0 saturated carbocycles. The Labute approximate surface area is 188 Å². The zero-order valence-corrected chi connectivity index (χ0v) is 17.1. The minimum atomic E-state index is -1.24. The predicted molar refractivity (Wildman–Crippen MR) is 109 cm³/mol. The van der Waals surface area contributed by atoms with Gasteiger partial charge < -0.3 is 15.1 Å². The largest absolute Gasteiger partial charge is 0.419 e. The Morgan fingerprint density at radius 2 is 1.82 bits per heavy atom. The molecule has 0 saturated heterocycles. The van der Waals surface area contributed by atoms with Gasteiger partial charge in [0, 0.05) is 11.6 Å². The maximum absolute atomic E-state index is 13.4. The lowest BCUT2D eigenvalue weighted by Crippen LogP contribution is -2.23. The van der Waals surface area contributed by atoms with Crippen LogP contribution in [-0.4, -0.2) is 32.2 Å². The summed E-state index contributed by atoms with van der Waals surface area (Å²) in [5, 5.41) is 18.3. The van der Waals surface area contributed by atoms with Crippen molar-refractivity contribution in [3.05, 3.63) is 82.1 Å². The summed E-state index contributed by atoms with van der Waals surface area (Å²) in [6, 6.07) is 8.12. The molecule has 2 heterocycles. The van der Waals surface area contributed by atoms with Gasteiger partial charge in [-0.25, -0.2) is 13.2 Å². The molecule has 0 fully saturated rings. The summed E-state index contributed by atoms with van der Waals surface area (Å²) in [6.45, 7) is -0.133. The summed E-state index contributed by atoms with van der Waals surface area (Å²) in [4.78, 5) is 24.5. The second-order valence-electron chi connectivity index (χ2n) is 6.56. The molecule has 0 aliphatic rings. The van der Waals surface area contributed by atoms with E-state index in [2.05, 4.69) is 31.0 Å². The number of halogens is 4. The highest BCUT2D eigenvalue weighted by Crippen LogP contribution is 2.21. The number of benzene rings is 2. The Morgan fingerprint density at radius 3 is 2.61 bits per heavy atom. The second-order valence-corrected chi connectivity index (χ2v) is 6.97. The molecular weight excluding hydrogens is 465 g/mol. The maximum Gasteiger partial charge on any atom is 0.269 e. The molecule has 0 atom stereocenters. The predicted octanol–water partition coefficient (Wildman–Crippen LogP) is 3.71. The SMILES string of the molecule is O=C(NCc1nnc(-c2cccc(F)c2)o1)c1cc(NC(=O)c2cc(F)c(F)cc2Cl)n[nH]1. The van der Waals surface area contributed by atoms with Crippen LogP contribution < -0.4 is 10.6 Å². The standard InChI is InChI=1S/C20H12ClF3N6O3/c21-12-6-14(24)13(23)5-11(12)18(31)26-16-7-15(27-28-16)19(32)25-8-17-29-30-20(33-17)9-2-1-3-10(22)4-9/h1-7H,8H2,(H,25,32)(H2,26,27,28,31). The van der Waals surface area contributed by atoms with Gasteiger partial charge in [0.05, 0.1) is 17.1 Å². The number of amides is 2. The highest BCUT2D eigenvalue weighted by Gasteiger charge is 2.18. The summed E-state index contributed by atoms with van der Waals surface area (Å²) in [5.74, 6) is -4.27. The number of nitrogens with one attached hydrogen (secondary N) is 3. The third-order valence-electron chi connectivity index (χ3n) is 4.26. The summed E-state index contributed by atoms with van der Waals surface area (Å²) < 4.78 is 45.2. The number of rotatable bonds is 6. The smallest absolute Gasteiger partial charge is 0.269 e. The molecular formula is C20H12ClF3N6O3. The van der Waals surface area contributed by atoms with E-state index in [9.17, 15) is 22.8 Å². The monoisotopic (exact) mass is 476 g/mol. The van der Waals surface area contributed by atoms with Gasteiger partial charge in [-0.15, -0.1) is 10.2 Å². The number of aromatic nitrogens is 4. The van der Waals surface area contributed by atoms with Gasteiger partial charge in [-0.05, 0) is 30.3 Å². The average molecular weight is 477 g/mol. The Balaban J connectivity index is 1.37. The molecule has 4 rings (SSSR count). The van der Waals surface area contributed by atoms with Crippen LogP contribution in [0.4, 0.5) is 19.0 Å². The normalized spacial score (nSPS) is 10.8. The number of H-pyrrole nitrogens is 1. The Kier molecular flexibility index (Phi) is 6.09. The quantitative estimate of drug-likeness (QED) is 0.364. The van der Waals surface area contributed by atoms with Crippen LogP contribution in [0.3, 0.4) is 0 Å². The zero-order chi connectivity index (χ0) is 23.5. The van der Waals surface area contributed by atoms with Crippen molar-refractivity contribution in [2.24, 2.45) is 0 Å². The van der Waals surface area contributed by atoms with E-state index in [1.54, 1.807) is 6.07 Å². The number of aromatic amines is 1. The first-order valence-electron chi connectivity index (χ1n) is 9.18. The molecule has 13 heteroatoms. The van der Waals surface area contributed by atoms with Crippen LogP contribution in [0, 0.1) is 17.5 Å². The van der Waals surface area contributed by atoms with Gasteiger partial charge in [0.2, 0.25) is 11.8 Å². The Bertz CT molecular complexity index is 1360. The first-order chi connectivity index (χ1) is 15.8. The molecule has 0 aliphatic carbocycles. The van der Waals surface area contributed by atoms with Crippen molar-refractivity contribution in [2.75, 3.05) is 5.32 Å². The van der Waals surface area contributed by atoms with Crippen molar-refractivity contribution in [3.8, 4) is 11.5 Å². The minimum absolute atomic E-state index is 0.0217. The van der Waals surface area contributed by atoms with Crippen LogP contribution in [0.25, 0.3) is 11.5 Å². The van der Waals surface area contributed by atoms with Crippen molar-refractivity contribution in [3.63, 3.8) is 0 Å². The Hall–Kier alpha value is -4.19. The highest BCUT2D eigenvalue weighted by atomic mass is 35.5. The molecule has 2 aromatic heterocycles. The van der Waals surface area contributed by atoms with E-state index in [4.69, 9.17) is 16.0 Å².